The van der Waals surface area contributed by atoms with Crippen LogP contribution in [0.2, 0.25) is 0 Å². The van der Waals surface area contributed by atoms with E-state index >= 15 is 0 Å². The molecule has 26 heavy (non-hydrogen) atoms. The van der Waals surface area contributed by atoms with Crippen LogP contribution in [0, 0.1) is 13.8 Å². The lowest BCUT2D eigenvalue weighted by molar-refractivity contribution is -0.120. The van der Waals surface area contributed by atoms with E-state index in [1.807, 2.05) is 48.9 Å². The molecule has 5 nitrogen and oxygen atoms in total. The van der Waals surface area contributed by atoms with Gasteiger partial charge in [-0.1, -0.05) is 17.7 Å². The van der Waals surface area contributed by atoms with Crippen LogP contribution >= 0.6 is 22.7 Å². The molecule has 3 rings (SSSR count). The Balaban J connectivity index is 1.41. The summed E-state index contributed by atoms with van der Waals surface area (Å²) in [6, 6.07) is 7.92. The van der Waals surface area contributed by atoms with Gasteiger partial charge in [0.15, 0.2) is 0 Å². The number of benzene rings is 1. The molecule has 1 amide bonds. The molecule has 0 spiro atoms. The number of amides is 1. The van der Waals surface area contributed by atoms with Crippen molar-refractivity contribution in [3.05, 3.63) is 62.0 Å². The van der Waals surface area contributed by atoms with E-state index in [0.717, 1.165) is 33.6 Å². The van der Waals surface area contributed by atoms with E-state index < -0.39 is 0 Å². The molecule has 2 aromatic heterocycles. The molecule has 0 aliphatic rings. The van der Waals surface area contributed by atoms with Crippen LogP contribution in [0.25, 0.3) is 0 Å². The molecule has 0 fully saturated rings. The molecule has 0 saturated carbocycles. The van der Waals surface area contributed by atoms with Crippen molar-refractivity contribution in [2.45, 2.75) is 33.3 Å². The summed E-state index contributed by atoms with van der Waals surface area (Å²) in [5.41, 5.74) is 3.00. The predicted molar refractivity (Wildman–Crippen MR) is 105 cm³/mol. The summed E-state index contributed by atoms with van der Waals surface area (Å²) in [6.07, 6.45) is 1.04. The van der Waals surface area contributed by atoms with E-state index in [0.29, 0.717) is 13.2 Å². The van der Waals surface area contributed by atoms with Gasteiger partial charge in [0.2, 0.25) is 5.91 Å². The maximum atomic E-state index is 12.0. The van der Waals surface area contributed by atoms with Crippen molar-refractivity contribution in [1.82, 2.24) is 15.3 Å². The first kappa shape index (κ1) is 18.5. The smallest absolute Gasteiger partial charge is 0.226 e. The topological polar surface area (TPSA) is 64.1 Å². The summed E-state index contributed by atoms with van der Waals surface area (Å²) < 4.78 is 5.72. The quantitative estimate of drug-likeness (QED) is 0.640. The minimum Gasteiger partial charge on any atom is -0.486 e. The van der Waals surface area contributed by atoms with Crippen LogP contribution in [0.3, 0.4) is 0 Å². The van der Waals surface area contributed by atoms with Gasteiger partial charge in [-0.3, -0.25) is 4.79 Å². The average molecular weight is 388 g/mol. The number of hydrogen-bond donors (Lipinski definition) is 1. The summed E-state index contributed by atoms with van der Waals surface area (Å²) in [4.78, 5) is 20.9. The molecule has 1 aromatic carbocycles. The van der Waals surface area contributed by atoms with E-state index in [4.69, 9.17) is 4.74 Å². The van der Waals surface area contributed by atoms with Crippen LogP contribution < -0.4 is 10.1 Å². The highest BCUT2D eigenvalue weighted by molar-refractivity contribution is 7.09. The molecule has 0 unspecified atom stereocenters. The van der Waals surface area contributed by atoms with Crippen molar-refractivity contribution < 1.29 is 9.53 Å². The zero-order valence-corrected chi connectivity index (χ0v) is 16.5. The fraction of sp³-hybridized carbons (Fsp3) is 0.316. The van der Waals surface area contributed by atoms with Gasteiger partial charge in [-0.15, -0.1) is 22.7 Å². The Morgan fingerprint density at radius 1 is 1.08 bits per heavy atom. The fourth-order valence-electron chi connectivity index (χ4n) is 2.36. The highest BCUT2D eigenvalue weighted by atomic mass is 32.1. The molecule has 1 N–H and O–H groups in total. The van der Waals surface area contributed by atoms with Gasteiger partial charge in [0.1, 0.15) is 17.4 Å². The van der Waals surface area contributed by atoms with Crippen molar-refractivity contribution in [2.24, 2.45) is 0 Å². The third kappa shape index (κ3) is 5.64. The van der Waals surface area contributed by atoms with Gasteiger partial charge in [-0.05, 0) is 26.0 Å². The minimum atomic E-state index is -0.0201. The number of aryl methyl sites for hydroxylation is 2. The lowest BCUT2D eigenvalue weighted by Crippen LogP contribution is -2.27. The first-order valence-electron chi connectivity index (χ1n) is 8.39. The molecule has 0 radical (unpaired) electrons. The summed E-state index contributed by atoms with van der Waals surface area (Å²) in [7, 11) is 0. The fourth-order valence-corrected chi connectivity index (χ4v) is 3.71. The second kappa shape index (κ2) is 8.91. The third-order valence-electron chi connectivity index (χ3n) is 3.69. The van der Waals surface area contributed by atoms with E-state index in [1.165, 1.54) is 16.9 Å². The Labute approximate surface area is 161 Å². The van der Waals surface area contributed by atoms with Crippen LogP contribution in [0.4, 0.5) is 0 Å². The summed E-state index contributed by atoms with van der Waals surface area (Å²) >= 11 is 3.14. The largest absolute Gasteiger partial charge is 0.486 e. The molecule has 0 aliphatic heterocycles. The van der Waals surface area contributed by atoms with E-state index in [2.05, 4.69) is 15.3 Å². The number of carbonyl (C=O) groups excluding carboxylic acids is 1. The van der Waals surface area contributed by atoms with E-state index in [-0.39, 0.29) is 12.3 Å². The molecule has 0 saturated heterocycles. The molecule has 0 aliphatic carbocycles. The number of carbonyl (C=O) groups is 1. The minimum absolute atomic E-state index is 0.0201. The first-order chi connectivity index (χ1) is 12.6. The van der Waals surface area contributed by atoms with Crippen molar-refractivity contribution in [2.75, 3.05) is 6.54 Å². The van der Waals surface area contributed by atoms with Gasteiger partial charge < -0.3 is 10.1 Å². The third-order valence-corrected chi connectivity index (χ3v) is 5.39. The average Bonchev–Trinajstić information content (AvgIpc) is 3.23. The monoisotopic (exact) mass is 387 g/mol. The van der Waals surface area contributed by atoms with Crippen LogP contribution in [-0.2, 0) is 24.2 Å². The zero-order chi connectivity index (χ0) is 18.4. The Hall–Kier alpha value is -2.25. The number of rotatable bonds is 8. The Morgan fingerprint density at radius 3 is 2.58 bits per heavy atom. The summed E-state index contributed by atoms with van der Waals surface area (Å²) in [6.45, 7) is 5.03. The van der Waals surface area contributed by atoms with Crippen LogP contribution in [0.15, 0.2) is 35.0 Å². The second-order valence-corrected chi connectivity index (χ2v) is 7.97. The van der Waals surface area contributed by atoms with Gasteiger partial charge in [0.05, 0.1) is 22.8 Å². The maximum absolute atomic E-state index is 12.0. The van der Waals surface area contributed by atoms with Crippen LogP contribution in [-0.4, -0.2) is 22.4 Å². The molecule has 136 valence electrons. The number of hydrogen-bond acceptors (Lipinski definition) is 6. The van der Waals surface area contributed by atoms with Gasteiger partial charge in [0, 0.05) is 23.7 Å². The molecular weight excluding hydrogens is 366 g/mol. The number of aromatic nitrogens is 2. The molecule has 0 atom stereocenters. The molecule has 7 heteroatoms. The lowest BCUT2D eigenvalue weighted by atomic mass is 10.2. The van der Waals surface area contributed by atoms with Crippen LogP contribution in [0.5, 0.6) is 5.75 Å². The van der Waals surface area contributed by atoms with Gasteiger partial charge >= 0.3 is 0 Å². The number of thiazole rings is 2. The Morgan fingerprint density at radius 2 is 1.85 bits per heavy atom. The maximum Gasteiger partial charge on any atom is 0.226 e. The number of nitrogens with zero attached hydrogens (tertiary/aromatic N) is 2. The standard InChI is InChI=1S/C19H21N3O2S2/c1-13-3-5-17(6-4-13)24-10-19-22-16(12-26-19)9-18(23)20-8-7-15-11-25-14(2)21-15/h3-6,11-12H,7-10H2,1-2H3,(H,20,23). The SMILES string of the molecule is Cc1ccc(OCc2nc(CC(=O)NCCc3csc(C)n3)cs2)cc1. The second-order valence-electron chi connectivity index (χ2n) is 5.97. The van der Waals surface area contributed by atoms with E-state index in [1.54, 1.807) is 11.3 Å². The normalized spacial score (nSPS) is 10.7. The van der Waals surface area contributed by atoms with E-state index in [9.17, 15) is 4.79 Å². The van der Waals surface area contributed by atoms with Crippen molar-refractivity contribution >= 4 is 28.6 Å². The van der Waals surface area contributed by atoms with Crippen molar-refractivity contribution in [3.8, 4) is 5.75 Å². The van der Waals surface area contributed by atoms with Crippen LogP contribution in [0.1, 0.15) is 27.0 Å². The van der Waals surface area contributed by atoms with Gasteiger partial charge in [-0.2, -0.15) is 0 Å². The molecule has 0 bridgehead atoms. The predicted octanol–water partition coefficient (Wildman–Crippen LogP) is 3.70. The lowest BCUT2D eigenvalue weighted by Gasteiger charge is -2.04. The number of ether oxygens (including phenoxy) is 1. The molecule has 3 aromatic rings. The van der Waals surface area contributed by atoms with Gasteiger partial charge in [0.25, 0.3) is 0 Å². The van der Waals surface area contributed by atoms with Crippen molar-refractivity contribution in [3.63, 3.8) is 0 Å². The van der Waals surface area contributed by atoms with Gasteiger partial charge in [-0.25, -0.2) is 9.97 Å². The van der Waals surface area contributed by atoms with Crippen molar-refractivity contribution in [1.29, 1.82) is 0 Å². The first-order valence-corrected chi connectivity index (χ1v) is 10.1. The summed E-state index contributed by atoms with van der Waals surface area (Å²) in [5.74, 6) is 0.802. The summed E-state index contributed by atoms with van der Waals surface area (Å²) in [5, 5.41) is 8.78. The Kier molecular flexibility index (Phi) is 6.35. The molecule has 2 heterocycles. The number of nitrogens with one attached hydrogen (secondary N) is 1. The molecular formula is C19H21N3O2S2. The zero-order valence-electron chi connectivity index (χ0n) is 14.8. The highest BCUT2D eigenvalue weighted by Crippen LogP contribution is 2.16. The highest BCUT2D eigenvalue weighted by Gasteiger charge is 2.08. The Bertz CT molecular complexity index is 856.